The van der Waals surface area contributed by atoms with Gasteiger partial charge in [0, 0.05) is 90.2 Å². The molecular weight excluding hydrogens is 909 g/mol. The minimum atomic E-state index is -3.62. The van der Waals surface area contributed by atoms with Gasteiger partial charge < -0.3 is 44.7 Å². The zero-order valence-corrected chi connectivity index (χ0v) is 41.4. The maximum absolute atomic E-state index is 12.7. The maximum Gasteiger partial charge on any atom is 0.296 e. The number of primary amides is 1. The third-order valence-corrected chi connectivity index (χ3v) is 13.2. The molecule has 4 fully saturated rings. The molecule has 1 aromatic heterocycles. The summed E-state index contributed by atoms with van der Waals surface area (Å²) in [6.07, 6.45) is 4.44. The Kier molecular flexibility index (Phi) is 23.2. The van der Waals surface area contributed by atoms with Gasteiger partial charge in [0.25, 0.3) is 16.0 Å². The Morgan fingerprint density at radius 2 is 1.39 bits per heavy atom. The lowest BCUT2D eigenvalue weighted by atomic mass is 10.1. The van der Waals surface area contributed by atoms with Crippen LogP contribution in [0.5, 0.6) is 11.5 Å². The van der Waals surface area contributed by atoms with Crippen LogP contribution in [0.15, 0.2) is 60.0 Å². The summed E-state index contributed by atoms with van der Waals surface area (Å²) < 4.78 is 57.2. The first-order valence-corrected chi connectivity index (χ1v) is 25.1. The number of hydrogen-bond acceptors (Lipinski definition) is 16. The Labute approximate surface area is 407 Å². The number of morpholine rings is 3. The summed E-state index contributed by atoms with van der Waals surface area (Å²) >= 11 is 0. The topological polar surface area (TPSA) is 213 Å². The fourth-order valence-corrected chi connectivity index (χ4v) is 8.92. The van der Waals surface area contributed by atoms with Gasteiger partial charge in [-0.2, -0.15) is 13.5 Å². The monoisotopic (exact) mass is 981 g/mol. The number of methoxy groups -OCH3 is 2. The number of nitrogens with one attached hydrogen (secondary N) is 1. The number of aryl methyl sites for hydroxylation is 1. The number of hydrogen-bond donors (Lipinski definition) is 3. The van der Waals surface area contributed by atoms with E-state index >= 15 is 0 Å². The number of carbonyl (C=O) groups is 2. The number of aromatic nitrogens is 2. The highest BCUT2D eigenvalue weighted by atomic mass is 32.2. The smallest absolute Gasteiger partial charge is 0.296 e. The second-order valence-electron chi connectivity index (χ2n) is 16.8. The van der Waals surface area contributed by atoms with Gasteiger partial charge in [-0.25, -0.2) is 4.68 Å². The number of benzene rings is 2. The van der Waals surface area contributed by atoms with E-state index in [1.807, 2.05) is 6.92 Å². The van der Waals surface area contributed by atoms with Crippen LogP contribution in [0.3, 0.4) is 0 Å². The number of rotatable bonds is 19. The van der Waals surface area contributed by atoms with Gasteiger partial charge in [0.2, 0.25) is 5.91 Å². The van der Waals surface area contributed by atoms with Gasteiger partial charge in [0.15, 0.2) is 5.69 Å². The van der Waals surface area contributed by atoms with Crippen LogP contribution in [0.2, 0.25) is 0 Å². The molecule has 4 saturated heterocycles. The van der Waals surface area contributed by atoms with Crippen molar-refractivity contribution in [2.45, 2.75) is 43.5 Å². The van der Waals surface area contributed by atoms with Gasteiger partial charge >= 0.3 is 0 Å². The van der Waals surface area contributed by atoms with E-state index in [1.54, 1.807) is 66.3 Å². The van der Waals surface area contributed by atoms with E-state index in [1.165, 1.54) is 6.08 Å². The minimum absolute atomic E-state index is 0.133. The van der Waals surface area contributed by atoms with Crippen molar-refractivity contribution in [3.05, 3.63) is 77.5 Å². The third kappa shape index (κ3) is 18.0. The normalized spacial score (nSPS) is 17.9. The van der Waals surface area contributed by atoms with Crippen molar-refractivity contribution in [1.29, 1.82) is 0 Å². The van der Waals surface area contributed by atoms with E-state index in [0.29, 0.717) is 62.0 Å². The summed E-state index contributed by atoms with van der Waals surface area (Å²) in [5.41, 5.74) is 8.03. The third-order valence-electron chi connectivity index (χ3n) is 11.9. The number of anilines is 1. The second-order valence-corrected chi connectivity index (χ2v) is 18.4. The first-order valence-electron chi connectivity index (χ1n) is 23.7. The van der Waals surface area contributed by atoms with Gasteiger partial charge in [0.05, 0.1) is 71.4 Å². The Balaban J connectivity index is 0.000000243. The van der Waals surface area contributed by atoms with Crippen molar-refractivity contribution < 1.29 is 51.0 Å². The lowest BCUT2D eigenvalue weighted by molar-refractivity contribution is -0.125. The van der Waals surface area contributed by atoms with Crippen LogP contribution >= 0.6 is 0 Å². The summed E-state index contributed by atoms with van der Waals surface area (Å²) in [5.74, 6) is 7.06. The maximum atomic E-state index is 12.7. The number of aliphatic hydroxyl groups excluding tert-OH is 1. The molecule has 5 heterocycles. The van der Waals surface area contributed by atoms with Crippen LogP contribution in [-0.4, -0.2) is 200 Å². The molecule has 0 saturated carbocycles. The Bertz CT molecular complexity index is 2210. The first kappa shape index (κ1) is 54.9. The fraction of sp³-hybridized carbons (Fsp3) is 0.571. The summed E-state index contributed by atoms with van der Waals surface area (Å²) in [5, 5.41) is 16.7. The van der Waals surface area contributed by atoms with E-state index < -0.39 is 16.0 Å². The van der Waals surface area contributed by atoms with Crippen LogP contribution in [0, 0.1) is 18.8 Å². The summed E-state index contributed by atoms with van der Waals surface area (Å²) in [4.78, 5) is 33.8. The molecule has 0 unspecified atom stereocenters. The minimum Gasteiger partial charge on any atom is -0.497 e. The molecule has 4 N–H and O–H groups in total. The molecule has 0 radical (unpaired) electrons. The van der Waals surface area contributed by atoms with E-state index in [2.05, 4.69) is 38.4 Å². The summed E-state index contributed by atoms with van der Waals surface area (Å²) in [6, 6.07) is 11.9. The summed E-state index contributed by atoms with van der Waals surface area (Å²) in [7, 11) is -0.489. The number of carbonyl (C=O) groups excluding carboxylic acids is 2. The molecule has 7 rings (SSSR count). The first-order chi connectivity index (χ1) is 33.4. The zero-order chi connectivity index (χ0) is 49.4. The molecule has 4 aliphatic heterocycles. The van der Waals surface area contributed by atoms with Gasteiger partial charge in [0.1, 0.15) is 22.9 Å². The standard InChI is InChI=1S/C28H36N6O5.C14H21NO4S.C7H15NO2/c1-4-25(35)33-11-8-21(19-33)34-28(30-9-5-10-32-12-14-39-15-13-32)26(27(29)36)24(31-34)7-6-20-16-22(37-2)18-23(17-20)38-3;1-13-3-5-14(6-4-13)20(16,17)19-10-2-7-15-8-11-18-12-9-15;9-5-1-2-8-3-6-10-7-4-8/h4,16-18,21,30H,1,5,8-15,19H2,2-3H3,(H2,29,36);3-6H,2,7-12H2,1H3;9H,1-7H2/t21-;;/m0../s1. The van der Waals surface area contributed by atoms with Gasteiger partial charge in [-0.1, -0.05) is 30.2 Å². The number of ether oxygens (including phenoxy) is 5. The molecule has 19 nitrogen and oxygen atoms in total. The van der Waals surface area contributed by atoms with Crippen molar-refractivity contribution in [1.82, 2.24) is 29.4 Å². The molecule has 0 aliphatic carbocycles. The van der Waals surface area contributed by atoms with Crippen molar-refractivity contribution in [2.75, 3.05) is 151 Å². The molecule has 0 spiro atoms. The molecule has 20 heteroatoms. The highest BCUT2D eigenvalue weighted by molar-refractivity contribution is 7.86. The van der Waals surface area contributed by atoms with Crippen molar-refractivity contribution >= 4 is 27.8 Å². The quantitative estimate of drug-likeness (QED) is 0.0682. The van der Waals surface area contributed by atoms with Gasteiger partial charge in [-0.15, -0.1) is 0 Å². The molecule has 69 heavy (non-hydrogen) atoms. The van der Waals surface area contributed by atoms with Crippen LogP contribution in [-0.2, 0) is 33.3 Å². The number of nitrogens with two attached hydrogens (primary N) is 1. The lowest BCUT2D eigenvalue weighted by Crippen LogP contribution is -2.37. The fourth-order valence-electron chi connectivity index (χ4n) is 7.98. The van der Waals surface area contributed by atoms with E-state index in [9.17, 15) is 18.0 Å². The molecular formula is C49H72N8O11S. The van der Waals surface area contributed by atoms with E-state index in [-0.39, 0.29) is 34.7 Å². The van der Waals surface area contributed by atoms with Crippen LogP contribution in [0.1, 0.15) is 58.9 Å². The molecule has 3 aromatic rings. The number of likely N-dealkylation sites (tertiary alicyclic amines) is 1. The Hall–Kier alpha value is -5.08. The van der Waals surface area contributed by atoms with Crippen molar-refractivity contribution in [3.63, 3.8) is 0 Å². The Morgan fingerprint density at radius 1 is 0.841 bits per heavy atom. The molecule has 4 aliphatic rings. The number of amides is 2. The van der Waals surface area contributed by atoms with Crippen LogP contribution in [0.4, 0.5) is 5.82 Å². The van der Waals surface area contributed by atoms with Crippen LogP contribution < -0.4 is 20.5 Å². The van der Waals surface area contributed by atoms with Gasteiger partial charge in [-0.3, -0.25) is 28.5 Å². The molecule has 2 aromatic carbocycles. The zero-order valence-electron chi connectivity index (χ0n) is 40.6. The second kappa shape index (κ2) is 29.2. The average Bonchev–Trinajstić information content (AvgIpc) is 4.02. The predicted molar refractivity (Wildman–Crippen MR) is 262 cm³/mol. The highest BCUT2D eigenvalue weighted by Gasteiger charge is 2.32. The molecule has 380 valence electrons. The number of nitrogens with zero attached hydrogens (tertiary/aromatic N) is 6. The number of aliphatic hydroxyl groups is 1. The predicted octanol–water partition coefficient (Wildman–Crippen LogP) is 2.62. The highest BCUT2D eigenvalue weighted by Crippen LogP contribution is 2.30. The van der Waals surface area contributed by atoms with Crippen molar-refractivity contribution in [3.8, 4) is 23.3 Å². The van der Waals surface area contributed by atoms with E-state index in [0.717, 1.165) is 117 Å². The largest absolute Gasteiger partial charge is 0.497 e. The molecule has 2 amide bonds. The lowest BCUT2D eigenvalue weighted by Gasteiger charge is -2.26. The molecule has 0 bridgehead atoms. The molecule has 1 atom stereocenters. The Morgan fingerprint density at radius 3 is 1.91 bits per heavy atom. The van der Waals surface area contributed by atoms with Crippen molar-refractivity contribution in [2.24, 2.45) is 5.73 Å². The van der Waals surface area contributed by atoms with Crippen LogP contribution in [0.25, 0.3) is 0 Å². The SMILES string of the molecule is C=CC(=O)N1CC[C@H](n2nc(C#Cc3cc(OC)cc(OC)c3)c(C(N)=O)c2NCCCN2CCOCC2)C1.Cc1ccc(S(=O)(=O)OCCCN2CCOCC2)cc1.OCCCN1CCOCC1. The van der Waals surface area contributed by atoms with E-state index in [4.69, 9.17) is 43.8 Å². The van der Waals surface area contributed by atoms with Gasteiger partial charge in [-0.05, 0) is 75.4 Å². The average molecular weight is 981 g/mol. The summed E-state index contributed by atoms with van der Waals surface area (Å²) in [6.45, 7) is 20.8.